The van der Waals surface area contributed by atoms with Gasteiger partial charge >= 0.3 is 0 Å². The lowest BCUT2D eigenvalue weighted by atomic mass is 10.2. The Morgan fingerprint density at radius 2 is 2.00 bits per heavy atom. The Hall–Kier alpha value is -2.02. The summed E-state index contributed by atoms with van der Waals surface area (Å²) >= 11 is 3.33. The molecule has 130 valence electrons. The van der Waals surface area contributed by atoms with E-state index >= 15 is 0 Å². The van der Waals surface area contributed by atoms with Gasteiger partial charge in [0.2, 0.25) is 5.91 Å². The van der Waals surface area contributed by atoms with Crippen LogP contribution in [0, 0.1) is 0 Å². The monoisotopic (exact) mass is 395 g/mol. The Morgan fingerprint density at radius 3 is 2.62 bits per heavy atom. The molecule has 0 aliphatic rings. The highest BCUT2D eigenvalue weighted by Crippen LogP contribution is 2.28. The van der Waals surface area contributed by atoms with Crippen molar-refractivity contribution in [1.82, 2.24) is 15.1 Å². The first-order valence-electron chi connectivity index (χ1n) is 7.91. The Labute approximate surface area is 150 Å². The predicted octanol–water partition coefficient (Wildman–Crippen LogP) is 3.32. The molecule has 0 saturated carbocycles. The zero-order valence-electron chi connectivity index (χ0n) is 14.1. The highest BCUT2D eigenvalue weighted by Gasteiger charge is 2.15. The average molecular weight is 396 g/mol. The summed E-state index contributed by atoms with van der Waals surface area (Å²) in [4.78, 5) is 12.3. The number of carbonyl (C=O) groups excluding carboxylic acids is 1. The summed E-state index contributed by atoms with van der Waals surface area (Å²) in [6.45, 7) is 7.21. The van der Waals surface area contributed by atoms with Crippen LogP contribution in [-0.2, 0) is 11.3 Å². The molecule has 0 aliphatic carbocycles. The molecule has 1 atom stereocenters. The smallest absolute Gasteiger partial charge is 0.244 e. The van der Waals surface area contributed by atoms with Crippen LogP contribution >= 0.6 is 15.9 Å². The number of halogens is 1. The average Bonchev–Trinajstić information content (AvgIpc) is 3.01. The number of aromatic nitrogens is 2. The van der Waals surface area contributed by atoms with E-state index in [1.165, 1.54) is 0 Å². The number of rotatable bonds is 8. The molecule has 6 nitrogen and oxygen atoms in total. The fraction of sp³-hybridized carbons (Fsp3) is 0.412. The summed E-state index contributed by atoms with van der Waals surface area (Å²) < 4.78 is 13.6. The van der Waals surface area contributed by atoms with Gasteiger partial charge in [-0.15, -0.1) is 0 Å². The SMILES string of the molecule is CCOc1ccc(CNC(=O)C(C)n2cc(Br)cn2)cc1OCC. The summed E-state index contributed by atoms with van der Waals surface area (Å²) in [5, 5.41) is 7.05. The number of nitrogens with zero attached hydrogens (tertiary/aromatic N) is 2. The van der Waals surface area contributed by atoms with Crippen molar-refractivity contribution in [2.75, 3.05) is 13.2 Å². The zero-order chi connectivity index (χ0) is 17.5. The number of carbonyl (C=O) groups is 1. The van der Waals surface area contributed by atoms with E-state index < -0.39 is 0 Å². The van der Waals surface area contributed by atoms with E-state index in [1.807, 2.05) is 32.0 Å². The lowest BCUT2D eigenvalue weighted by Gasteiger charge is -2.15. The molecule has 2 aromatic rings. The Morgan fingerprint density at radius 1 is 1.29 bits per heavy atom. The third-order valence-electron chi connectivity index (χ3n) is 3.42. The minimum Gasteiger partial charge on any atom is -0.490 e. The maximum atomic E-state index is 12.3. The normalized spacial score (nSPS) is 11.8. The van der Waals surface area contributed by atoms with Gasteiger partial charge in [0.1, 0.15) is 6.04 Å². The van der Waals surface area contributed by atoms with Crippen molar-refractivity contribution in [3.05, 3.63) is 40.6 Å². The van der Waals surface area contributed by atoms with E-state index in [0.29, 0.717) is 31.3 Å². The second-order valence-corrected chi connectivity index (χ2v) is 6.10. The molecule has 2 rings (SSSR count). The molecule has 1 unspecified atom stereocenters. The lowest BCUT2D eigenvalue weighted by molar-refractivity contribution is -0.124. The third kappa shape index (κ3) is 4.74. The number of hydrogen-bond donors (Lipinski definition) is 1. The molecule has 0 aliphatic heterocycles. The van der Waals surface area contributed by atoms with Crippen LogP contribution in [0.25, 0.3) is 0 Å². The van der Waals surface area contributed by atoms with E-state index in [1.54, 1.807) is 24.0 Å². The molecule has 1 heterocycles. The Balaban J connectivity index is 2.00. The van der Waals surface area contributed by atoms with Gasteiger partial charge < -0.3 is 14.8 Å². The minimum absolute atomic E-state index is 0.0996. The van der Waals surface area contributed by atoms with Gasteiger partial charge in [-0.25, -0.2) is 0 Å². The van der Waals surface area contributed by atoms with Crippen LogP contribution in [0.5, 0.6) is 11.5 Å². The van der Waals surface area contributed by atoms with Crippen LogP contribution in [0.4, 0.5) is 0 Å². The molecule has 0 fully saturated rings. The molecule has 0 bridgehead atoms. The van der Waals surface area contributed by atoms with Crippen LogP contribution in [0.3, 0.4) is 0 Å². The number of hydrogen-bond acceptors (Lipinski definition) is 4. The minimum atomic E-state index is -0.384. The van der Waals surface area contributed by atoms with Crippen molar-refractivity contribution in [2.24, 2.45) is 0 Å². The van der Waals surface area contributed by atoms with Gasteiger partial charge in [-0.2, -0.15) is 5.10 Å². The topological polar surface area (TPSA) is 65.4 Å². The van der Waals surface area contributed by atoms with E-state index in [2.05, 4.69) is 26.3 Å². The van der Waals surface area contributed by atoms with Gasteiger partial charge in [0.05, 0.1) is 23.9 Å². The van der Waals surface area contributed by atoms with E-state index in [4.69, 9.17) is 9.47 Å². The maximum Gasteiger partial charge on any atom is 0.244 e. The number of benzene rings is 1. The molecule has 1 N–H and O–H groups in total. The molecule has 0 saturated heterocycles. The molecule has 0 radical (unpaired) electrons. The number of ether oxygens (including phenoxy) is 2. The van der Waals surface area contributed by atoms with E-state index in [9.17, 15) is 4.79 Å². The van der Waals surface area contributed by atoms with Crippen LogP contribution in [0.2, 0.25) is 0 Å². The van der Waals surface area contributed by atoms with Crippen LogP contribution in [-0.4, -0.2) is 28.9 Å². The van der Waals surface area contributed by atoms with Gasteiger partial charge in [-0.05, 0) is 54.4 Å². The highest BCUT2D eigenvalue weighted by atomic mass is 79.9. The van der Waals surface area contributed by atoms with Crippen LogP contribution < -0.4 is 14.8 Å². The third-order valence-corrected chi connectivity index (χ3v) is 3.83. The fourth-order valence-corrected chi connectivity index (χ4v) is 2.49. The van der Waals surface area contributed by atoms with Gasteiger partial charge in [0.25, 0.3) is 0 Å². The second kappa shape index (κ2) is 8.73. The van der Waals surface area contributed by atoms with Gasteiger partial charge in [-0.3, -0.25) is 9.48 Å². The number of amides is 1. The van der Waals surface area contributed by atoms with Gasteiger partial charge in [-0.1, -0.05) is 6.07 Å². The molecule has 1 aromatic carbocycles. The quantitative estimate of drug-likeness (QED) is 0.744. The molecular formula is C17H22BrN3O3. The largest absolute Gasteiger partial charge is 0.490 e. The highest BCUT2D eigenvalue weighted by molar-refractivity contribution is 9.10. The predicted molar refractivity (Wildman–Crippen MR) is 95.3 cm³/mol. The standard InChI is InChI=1S/C17H22BrN3O3/c1-4-23-15-7-6-13(8-16(15)24-5-2)9-19-17(22)12(3)21-11-14(18)10-20-21/h6-8,10-12H,4-5,9H2,1-3H3,(H,19,22). The maximum absolute atomic E-state index is 12.3. The van der Waals surface area contributed by atoms with Crippen molar-refractivity contribution < 1.29 is 14.3 Å². The Bertz CT molecular complexity index is 687. The van der Waals surface area contributed by atoms with Crippen molar-refractivity contribution in [2.45, 2.75) is 33.4 Å². The summed E-state index contributed by atoms with van der Waals surface area (Å²) in [6.07, 6.45) is 3.43. The molecule has 24 heavy (non-hydrogen) atoms. The van der Waals surface area contributed by atoms with Crippen LogP contribution in [0.15, 0.2) is 35.1 Å². The zero-order valence-corrected chi connectivity index (χ0v) is 15.7. The van der Waals surface area contributed by atoms with E-state index in [0.717, 1.165) is 10.0 Å². The molecule has 7 heteroatoms. The van der Waals surface area contributed by atoms with Gasteiger partial charge in [0.15, 0.2) is 11.5 Å². The molecule has 1 amide bonds. The van der Waals surface area contributed by atoms with Crippen molar-refractivity contribution in [3.63, 3.8) is 0 Å². The van der Waals surface area contributed by atoms with Crippen molar-refractivity contribution in [1.29, 1.82) is 0 Å². The lowest BCUT2D eigenvalue weighted by Crippen LogP contribution is -2.30. The first-order valence-corrected chi connectivity index (χ1v) is 8.70. The summed E-state index contributed by atoms with van der Waals surface area (Å²) in [7, 11) is 0. The summed E-state index contributed by atoms with van der Waals surface area (Å²) in [5.74, 6) is 1.30. The molecule has 1 aromatic heterocycles. The Kier molecular flexibility index (Phi) is 6.66. The summed E-state index contributed by atoms with van der Waals surface area (Å²) in [6, 6.07) is 5.29. The van der Waals surface area contributed by atoms with E-state index in [-0.39, 0.29) is 11.9 Å². The first-order chi connectivity index (χ1) is 11.5. The first kappa shape index (κ1) is 18.3. The van der Waals surface area contributed by atoms with Crippen LogP contribution in [0.1, 0.15) is 32.4 Å². The van der Waals surface area contributed by atoms with Crippen molar-refractivity contribution in [3.8, 4) is 11.5 Å². The van der Waals surface area contributed by atoms with Gasteiger partial charge in [0, 0.05) is 12.7 Å². The molecular weight excluding hydrogens is 374 g/mol. The summed E-state index contributed by atoms with van der Waals surface area (Å²) in [5.41, 5.74) is 0.948. The second-order valence-electron chi connectivity index (χ2n) is 5.18. The van der Waals surface area contributed by atoms with Crippen molar-refractivity contribution >= 4 is 21.8 Å². The fourth-order valence-electron chi connectivity index (χ4n) is 2.19. The molecule has 0 spiro atoms. The number of nitrogens with one attached hydrogen (secondary N) is 1.